The molecule has 0 spiro atoms. The van der Waals surface area contributed by atoms with Crippen LogP contribution in [0.25, 0.3) is 0 Å². The Morgan fingerprint density at radius 3 is 1.93 bits per heavy atom. The zero-order valence-electron chi connectivity index (χ0n) is 11.3. The Kier molecular flexibility index (Phi) is 8.26. The van der Waals surface area contributed by atoms with Crippen LogP contribution in [-0.2, 0) is 0 Å². The molecule has 0 rings (SSSR count). The fourth-order valence-corrected chi connectivity index (χ4v) is 4.86. The second-order valence-electron chi connectivity index (χ2n) is 5.20. The molecule has 0 N–H and O–H groups in total. The van der Waals surface area contributed by atoms with Crippen LogP contribution in [0.3, 0.4) is 0 Å². The van der Waals surface area contributed by atoms with Gasteiger partial charge in [0.25, 0.3) is 0 Å². The van der Waals surface area contributed by atoms with Crippen molar-refractivity contribution in [1.29, 1.82) is 0 Å². The molecule has 0 amide bonds. The summed E-state index contributed by atoms with van der Waals surface area (Å²) in [5.74, 6) is 0.917. The van der Waals surface area contributed by atoms with Crippen molar-refractivity contribution in [2.45, 2.75) is 77.2 Å². The largest absolute Gasteiger partial charge is 0.0899 e. The highest BCUT2D eigenvalue weighted by molar-refractivity contribution is 8.77. The molecule has 0 aromatic carbocycles. The highest BCUT2D eigenvalue weighted by Crippen LogP contribution is 2.42. The fraction of sp³-hybridized carbons (Fsp3) is 1.00. The minimum absolute atomic E-state index is 0.391. The summed E-state index contributed by atoms with van der Waals surface area (Å²) in [6, 6.07) is 0. The molecule has 0 aliphatic carbocycles. The van der Waals surface area contributed by atoms with E-state index < -0.39 is 0 Å². The Labute approximate surface area is 105 Å². The highest BCUT2D eigenvalue weighted by Gasteiger charge is 2.21. The summed E-state index contributed by atoms with van der Waals surface area (Å²) in [7, 11) is 4.17. The smallest absolute Gasteiger partial charge is 0.0179 e. The first kappa shape index (κ1) is 15.7. The van der Waals surface area contributed by atoms with Crippen molar-refractivity contribution in [2.24, 2.45) is 5.92 Å². The van der Waals surface area contributed by atoms with Gasteiger partial charge in [0.2, 0.25) is 0 Å². The molecule has 0 bridgehead atoms. The summed E-state index contributed by atoms with van der Waals surface area (Å²) in [5.41, 5.74) is 0. The molecular weight excluding hydrogens is 220 g/mol. The van der Waals surface area contributed by atoms with Crippen molar-refractivity contribution < 1.29 is 0 Å². The maximum atomic E-state index is 2.34. The zero-order chi connectivity index (χ0) is 11.9. The van der Waals surface area contributed by atoms with E-state index in [1.807, 2.05) is 0 Å². The first-order valence-electron chi connectivity index (χ1n) is 6.29. The second kappa shape index (κ2) is 7.89. The molecule has 0 aromatic rings. The van der Waals surface area contributed by atoms with Gasteiger partial charge in [-0.05, 0) is 18.8 Å². The highest BCUT2D eigenvalue weighted by atomic mass is 33.1. The minimum Gasteiger partial charge on any atom is -0.0899 e. The van der Waals surface area contributed by atoms with Crippen LogP contribution in [0.2, 0.25) is 0 Å². The molecule has 0 aliphatic rings. The van der Waals surface area contributed by atoms with Crippen LogP contribution in [0.1, 0.15) is 67.2 Å². The van der Waals surface area contributed by atoms with Crippen molar-refractivity contribution in [2.75, 3.05) is 0 Å². The topological polar surface area (TPSA) is 0 Å². The third-order valence-corrected chi connectivity index (χ3v) is 6.63. The lowest BCUT2D eigenvalue weighted by molar-refractivity contribution is 0.441. The molecule has 92 valence electrons. The summed E-state index contributed by atoms with van der Waals surface area (Å²) in [6.07, 6.45) is 5.37. The summed E-state index contributed by atoms with van der Waals surface area (Å²) in [5, 5.41) is 0.846. The number of hydrogen-bond donors (Lipinski definition) is 0. The molecule has 2 heteroatoms. The average molecular weight is 249 g/mol. The number of hydrogen-bond acceptors (Lipinski definition) is 2. The van der Waals surface area contributed by atoms with Crippen molar-refractivity contribution >= 4 is 21.6 Å². The molecule has 1 unspecified atom stereocenters. The lowest BCUT2D eigenvalue weighted by atomic mass is 9.95. The maximum absolute atomic E-state index is 2.34. The molecule has 0 fully saturated rings. The van der Waals surface area contributed by atoms with E-state index in [9.17, 15) is 0 Å². The maximum Gasteiger partial charge on any atom is 0.0179 e. The summed E-state index contributed by atoms with van der Waals surface area (Å²) >= 11 is 0. The van der Waals surface area contributed by atoms with Gasteiger partial charge in [0.15, 0.2) is 0 Å². The van der Waals surface area contributed by atoms with Gasteiger partial charge in [0.1, 0.15) is 0 Å². The minimum atomic E-state index is 0.391. The van der Waals surface area contributed by atoms with Gasteiger partial charge >= 0.3 is 0 Å². The Hall–Kier alpha value is 0.700. The Bertz CT molecular complexity index is 149. The van der Waals surface area contributed by atoms with Gasteiger partial charge in [0, 0.05) is 10.00 Å². The van der Waals surface area contributed by atoms with E-state index in [4.69, 9.17) is 0 Å². The molecule has 0 aromatic heterocycles. The Balaban J connectivity index is 4.09. The molecule has 0 saturated heterocycles. The van der Waals surface area contributed by atoms with E-state index in [1.54, 1.807) is 0 Å². The van der Waals surface area contributed by atoms with Gasteiger partial charge in [-0.1, -0.05) is 76.0 Å². The van der Waals surface area contributed by atoms with Crippen molar-refractivity contribution in [3.05, 3.63) is 0 Å². The van der Waals surface area contributed by atoms with Crippen LogP contribution in [0.4, 0.5) is 0 Å². The van der Waals surface area contributed by atoms with Crippen molar-refractivity contribution in [1.82, 2.24) is 0 Å². The predicted molar refractivity (Wildman–Crippen MR) is 77.7 cm³/mol. The summed E-state index contributed by atoms with van der Waals surface area (Å²) in [4.78, 5) is 0. The summed E-state index contributed by atoms with van der Waals surface area (Å²) in [6.45, 7) is 13.9. The fourth-order valence-electron chi connectivity index (χ4n) is 1.71. The number of rotatable bonds is 7. The van der Waals surface area contributed by atoms with Crippen LogP contribution in [0, 0.1) is 5.92 Å². The van der Waals surface area contributed by atoms with Gasteiger partial charge in [0.05, 0.1) is 0 Å². The monoisotopic (exact) mass is 248 g/mol. The third kappa shape index (κ3) is 7.57. The van der Waals surface area contributed by atoms with Gasteiger partial charge in [-0.25, -0.2) is 0 Å². The normalized spacial score (nSPS) is 16.4. The van der Waals surface area contributed by atoms with E-state index in [2.05, 4.69) is 63.1 Å². The van der Waals surface area contributed by atoms with Crippen LogP contribution < -0.4 is 0 Å². The molecule has 0 heterocycles. The van der Waals surface area contributed by atoms with Crippen LogP contribution in [0.15, 0.2) is 0 Å². The van der Waals surface area contributed by atoms with Gasteiger partial charge in [-0.3, -0.25) is 0 Å². The molecule has 2 atom stereocenters. The molecule has 0 aliphatic heterocycles. The van der Waals surface area contributed by atoms with E-state index >= 15 is 0 Å². The predicted octanol–water partition coefficient (Wildman–Crippen LogP) is 5.77. The van der Waals surface area contributed by atoms with Crippen molar-refractivity contribution in [3.8, 4) is 0 Å². The van der Waals surface area contributed by atoms with Crippen LogP contribution >= 0.6 is 21.6 Å². The van der Waals surface area contributed by atoms with Gasteiger partial charge < -0.3 is 0 Å². The first-order valence-corrected chi connectivity index (χ1v) is 8.50. The third-order valence-electron chi connectivity index (χ3n) is 2.53. The summed E-state index contributed by atoms with van der Waals surface area (Å²) < 4.78 is 0.391. The van der Waals surface area contributed by atoms with Crippen molar-refractivity contribution in [3.63, 3.8) is 0 Å². The van der Waals surface area contributed by atoms with E-state index in [-0.39, 0.29) is 0 Å². The standard InChI is InChI=1S/C13H28S2/c1-7-10-11(8-2)12(9-3)14-15-13(4,5)6/h11-12H,7-10H2,1-6H3/t11?,12-/m0/s1. The Morgan fingerprint density at radius 2 is 1.60 bits per heavy atom. The first-order chi connectivity index (χ1) is 6.94. The Morgan fingerprint density at radius 1 is 1.00 bits per heavy atom. The quantitative estimate of drug-likeness (QED) is 0.524. The average Bonchev–Trinajstić information content (AvgIpc) is 2.15. The van der Waals surface area contributed by atoms with Crippen LogP contribution in [0.5, 0.6) is 0 Å². The lowest BCUT2D eigenvalue weighted by Crippen LogP contribution is -2.16. The zero-order valence-corrected chi connectivity index (χ0v) is 12.9. The van der Waals surface area contributed by atoms with E-state index in [0.29, 0.717) is 4.75 Å². The molecule has 15 heavy (non-hydrogen) atoms. The van der Waals surface area contributed by atoms with E-state index in [0.717, 1.165) is 11.2 Å². The molecule has 0 radical (unpaired) electrons. The molecular formula is C13H28S2. The van der Waals surface area contributed by atoms with E-state index in [1.165, 1.54) is 25.7 Å². The van der Waals surface area contributed by atoms with Gasteiger partial charge in [-0.15, -0.1) is 0 Å². The second-order valence-corrected chi connectivity index (χ2v) is 8.46. The molecule has 0 nitrogen and oxygen atoms in total. The van der Waals surface area contributed by atoms with Gasteiger partial charge in [-0.2, -0.15) is 0 Å². The SMILES string of the molecule is CCCC(CC)[C@H](CC)SSC(C)(C)C. The van der Waals surface area contributed by atoms with Crippen LogP contribution in [-0.4, -0.2) is 10.00 Å². The lowest BCUT2D eigenvalue weighted by Gasteiger charge is -2.27. The molecule has 0 saturated carbocycles.